The number of rotatable bonds is 5. The molecule has 10 heteroatoms. The van der Waals surface area contributed by atoms with Crippen molar-refractivity contribution in [3.8, 4) is 0 Å². The molecule has 0 unspecified atom stereocenters. The molecule has 4 heterocycles. The van der Waals surface area contributed by atoms with E-state index in [-0.39, 0.29) is 5.91 Å². The molecule has 1 aliphatic rings. The van der Waals surface area contributed by atoms with Crippen LogP contribution in [0.4, 0.5) is 5.95 Å². The van der Waals surface area contributed by atoms with Gasteiger partial charge in [0.2, 0.25) is 16.8 Å². The van der Waals surface area contributed by atoms with Crippen molar-refractivity contribution in [2.75, 3.05) is 37.6 Å². The molecule has 1 aliphatic heterocycles. The van der Waals surface area contributed by atoms with Crippen molar-refractivity contribution in [1.29, 1.82) is 0 Å². The van der Waals surface area contributed by atoms with Gasteiger partial charge in [-0.05, 0) is 13.0 Å². The van der Waals surface area contributed by atoms with Crippen molar-refractivity contribution < 1.29 is 4.79 Å². The van der Waals surface area contributed by atoms with Gasteiger partial charge in [-0.3, -0.25) is 9.69 Å². The number of carbonyl (C=O) groups excluding carboxylic acids is 1. The average molecular weight is 372 g/mol. The summed E-state index contributed by atoms with van der Waals surface area (Å²) < 4.78 is 1.76. The lowest BCUT2D eigenvalue weighted by atomic mass is 10.3. The highest BCUT2D eigenvalue weighted by Crippen LogP contribution is 2.13. The molecule has 9 nitrogen and oxygen atoms in total. The minimum atomic E-state index is 0.00917. The fraction of sp³-hybridized carbons (Fsp3) is 0.438. The standard InChI is InChI=1S/C16H20N8OS/c1-12-21-24-10-13(20-16(24)26-12)9-19-14(25)11-22-5-7-23(8-6-22)15-17-3-2-4-18-15/h2-4,10H,5-9,11H2,1H3,(H,19,25). The van der Waals surface area contributed by atoms with Crippen LogP contribution in [0.25, 0.3) is 4.96 Å². The monoisotopic (exact) mass is 372 g/mol. The summed E-state index contributed by atoms with van der Waals surface area (Å²) in [7, 11) is 0. The third-order valence-corrected chi connectivity index (χ3v) is 5.07. The largest absolute Gasteiger partial charge is 0.349 e. The molecule has 3 aromatic rings. The molecular formula is C16H20N8OS. The SMILES string of the molecule is Cc1nn2cc(CNC(=O)CN3CCN(c4ncccn4)CC3)nc2s1. The second kappa shape index (κ2) is 7.34. The van der Waals surface area contributed by atoms with E-state index in [1.165, 1.54) is 11.3 Å². The van der Waals surface area contributed by atoms with E-state index in [9.17, 15) is 4.79 Å². The number of imidazole rings is 1. The van der Waals surface area contributed by atoms with E-state index >= 15 is 0 Å². The summed E-state index contributed by atoms with van der Waals surface area (Å²) in [5.41, 5.74) is 0.822. The topological polar surface area (TPSA) is 91.6 Å². The maximum absolute atomic E-state index is 12.2. The molecule has 0 aliphatic carbocycles. The van der Waals surface area contributed by atoms with Gasteiger partial charge in [-0.15, -0.1) is 0 Å². The Labute approximate surface area is 154 Å². The highest BCUT2D eigenvalue weighted by atomic mass is 32.1. The van der Waals surface area contributed by atoms with Crippen molar-refractivity contribution in [3.63, 3.8) is 0 Å². The predicted octanol–water partition coefficient (Wildman–Crippen LogP) is 0.328. The summed E-state index contributed by atoms with van der Waals surface area (Å²) in [5.74, 6) is 0.759. The molecule has 3 aromatic heterocycles. The molecule has 0 spiro atoms. The summed E-state index contributed by atoms with van der Waals surface area (Å²) in [6.07, 6.45) is 5.36. The number of piperazine rings is 1. The van der Waals surface area contributed by atoms with Gasteiger partial charge < -0.3 is 10.2 Å². The van der Waals surface area contributed by atoms with Gasteiger partial charge in [0, 0.05) is 38.6 Å². The van der Waals surface area contributed by atoms with Crippen LogP contribution in [0.5, 0.6) is 0 Å². The van der Waals surface area contributed by atoms with Crippen LogP contribution in [-0.2, 0) is 11.3 Å². The molecule has 1 amide bonds. The van der Waals surface area contributed by atoms with Gasteiger partial charge in [-0.2, -0.15) is 5.10 Å². The quantitative estimate of drug-likeness (QED) is 0.690. The first-order valence-corrected chi connectivity index (χ1v) is 9.32. The number of hydrogen-bond acceptors (Lipinski definition) is 8. The van der Waals surface area contributed by atoms with Crippen LogP contribution >= 0.6 is 11.3 Å². The fourth-order valence-corrected chi connectivity index (χ4v) is 3.68. The first-order valence-electron chi connectivity index (χ1n) is 8.50. The molecule has 1 fully saturated rings. The lowest BCUT2D eigenvalue weighted by Crippen LogP contribution is -2.49. The van der Waals surface area contributed by atoms with Crippen LogP contribution in [0, 0.1) is 6.92 Å². The van der Waals surface area contributed by atoms with Gasteiger partial charge in [0.25, 0.3) is 0 Å². The minimum absolute atomic E-state index is 0.00917. The van der Waals surface area contributed by atoms with Gasteiger partial charge in [-0.25, -0.2) is 19.5 Å². The van der Waals surface area contributed by atoms with Crippen molar-refractivity contribution >= 4 is 28.2 Å². The molecular weight excluding hydrogens is 352 g/mol. The summed E-state index contributed by atoms with van der Waals surface area (Å²) in [5, 5.41) is 8.24. The molecule has 1 N–H and O–H groups in total. The minimum Gasteiger partial charge on any atom is -0.349 e. The average Bonchev–Trinajstić information content (AvgIpc) is 3.18. The molecule has 0 saturated carbocycles. The zero-order valence-corrected chi connectivity index (χ0v) is 15.3. The third-order valence-electron chi connectivity index (χ3n) is 4.24. The zero-order valence-electron chi connectivity index (χ0n) is 14.5. The Morgan fingerprint density at radius 3 is 2.73 bits per heavy atom. The van der Waals surface area contributed by atoms with Gasteiger partial charge >= 0.3 is 0 Å². The van der Waals surface area contributed by atoms with Crippen molar-refractivity contribution in [2.45, 2.75) is 13.5 Å². The van der Waals surface area contributed by atoms with Crippen molar-refractivity contribution in [2.24, 2.45) is 0 Å². The molecule has 0 radical (unpaired) electrons. The highest BCUT2D eigenvalue weighted by Gasteiger charge is 2.20. The second-order valence-corrected chi connectivity index (χ2v) is 7.33. The predicted molar refractivity (Wildman–Crippen MR) is 98.1 cm³/mol. The number of carbonyl (C=O) groups is 1. The van der Waals surface area contributed by atoms with Crippen molar-refractivity contribution in [3.05, 3.63) is 35.4 Å². The number of nitrogens with zero attached hydrogens (tertiary/aromatic N) is 7. The fourth-order valence-electron chi connectivity index (χ4n) is 2.94. The Kier molecular flexibility index (Phi) is 4.76. The van der Waals surface area contributed by atoms with Crippen LogP contribution in [-0.4, -0.2) is 68.1 Å². The number of fused-ring (bicyclic) bond motifs is 1. The Bertz CT molecular complexity index is 853. The number of nitrogens with one attached hydrogen (secondary N) is 1. The summed E-state index contributed by atoms with van der Waals surface area (Å²) in [6, 6.07) is 1.81. The number of anilines is 1. The van der Waals surface area contributed by atoms with Crippen LogP contribution in [0.15, 0.2) is 24.7 Å². The van der Waals surface area contributed by atoms with E-state index in [0.29, 0.717) is 13.1 Å². The molecule has 0 bridgehead atoms. The van der Waals surface area contributed by atoms with Gasteiger partial charge in [0.05, 0.1) is 25.0 Å². The zero-order chi connectivity index (χ0) is 17.9. The van der Waals surface area contributed by atoms with Crippen LogP contribution < -0.4 is 10.2 Å². The molecule has 26 heavy (non-hydrogen) atoms. The molecule has 1 saturated heterocycles. The van der Waals surface area contributed by atoms with E-state index in [2.05, 4.69) is 35.2 Å². The second-order valence-electron chi connectivity index (χ2n) is 6.17. The van der Waals surface area contributed by atoms with Crippen molar-refractivity contribution in [1.82, 2.24) is 34.8 Å². The van der Waals surface area contributed by atoms with E-state index < -0.39 is 0 Å². The number of aromatic nitrogens is 5. The first kappa shape index (κ1) is 16.9. The van der Waals surface area contributed by atoms with Crippen LogP contribution in [0.1, 0.15) is 10.7 Å². The summed E-state index contributed by atoms with van der Waals surface area (Å²) in [4.78, 5) is 30.4. The Morgan fingerprint density at radius 2 is 2.00 bits per heavy atom. The lowest BCUT2D eigenvalue weighted by Gasteiger charge is -2.34. The summed E-state index contributed by atoms with van der Waals surface area (Å²) in [6.45, 7) is 6.03. The van der Waals surface area contributed by atoms with E-state index in [0.717, 1.165) is 47.8 Å². The highest BCUT2D eigenvalue weighted by molar-refractivity contribution is 7.16. The van der Waals surface area contributed by atoms with Crippen LogP contribution in [0.3, 0.4) is 0 Å². The third kappa shape index (κ3) is 3.81. The Balaban J connectivity index is 1.23. The molecule has 0 aromatic carbocycles. The van der Waals surface area contributed by atoms with E-state index in [1.54, 1.807) is 16.9 Å². The van der Waals surface area contributed by atoms with E-state index in [1.807, 2.05) is 19.2 Å². The Morgan fingerprint density at radius 1 is 1.23 bits per heavy atom. The normalized spacial score (nSPS) is 15.5. The Hall–Kier alpha value is -2.59. The first-order chi connectivity index (χ1) is 12.7. The number of amides is 1. The van der Waals surface area contributed by atoms with E-state index in [4.69, 9.17) is 0 Å². The molecule has 4 rings (SSSR count). The van der Waals surface area contributed by atoms with Crippen LogP contribution in [0.2, 0.25) is 0 Å². The maximum Gasteiger partial charge on any atom is 0.234 e. The molecule has 136 valence electrons. The van der Waals surface area contributed by atoms with Gasteiger partial charge in [0.15, 0.2) is 0 Å². The van der Waals surface area contributed by atoms with Gasteiger partial charge in [0.1, 0.15) is 5.01 Å². The van der Waals surface area contributed by atoms with Gasteiger partial charge in [-0.1, -0.05) is 11.3 Å². The number of hydrogen-bond donors (Lipinski definition) is 1. The number of aryl methyl sites for hydroxylation is 1. The smallest absolute Gasteiger partial charge is 0.234 e. The summed E-state index contributed by atoms with van der Waals surface area (Å²) >= 11 is 1.54. The maximum atomic E-state index is 12.2. The molecule has 0 atom stereocenters. The lowest BCUT2D eigenvalue weighted by molar-refractivity contribution is -0.122.